The van der Waals surface area contributed by atoms with E-state index < -0.39 is 0 Å². The number of pyridine rings is 1. The van der Waals surface area contributed by atoms with Crippen LogP contribution in [-0.4, -0.2) is 20.5 Å². The van der Waals surface area contributed by atoms with Crippen molar-refractivity contribution in [3.63, 3.8) is 0 Å². The molecule has 0 bridgehead atoms. The van der Waals surface area contributed by atoms with Crippen molar-refractivity contribution in [3.05, 3.63) is 59.5 Å². The summed E-state index contributed by atoms with van der Waals surface area (Å²) < 4.78 is 1.70. The van der Waals surface area contributed by atoms with Crippen molar-refractivity contribution in [2.75, 3.05) is 0 Å². The third kappa shape index (κ3) is 1.81. The van der Waals surface area contributed by atoms with Gasteiger partial charge in [0, 0.05) is 29.9 Å². The number of benzene rings is 1. The molecular weight excluding hydrogens is 238 g/mol. The fourth-order valence-corrected chi connectivity index (χ4v) is 2.15. The van der Waals surface area contributed by atoms with E-state index >= 15 is 0 Å². The molecule has 0 saturated heterocycles. The lowest BCUT2D eigenvalue weighted by molar-refractivity contribution is 0.103. The first-order valence-corrected chi connectivity index (χ1v) is 6.05. The molecule has 0 fully saturated rings. The highest BCUT2D eigenvalue weighted by Gasteiger charge is 2.17. The Morgan fingerprint density at radius 3 is 2.68 bits per heavy atom. The van der Waals surface area contributed by atoms with Gasteiger partial charge in [0.15, 0.2) is 5.78 Å². The molecular formula is C15H13N3O. The Bertz CT molecular complexity index is 769. The number of nitrogens with zero attached hydrogens (tertiary/aromatic N) is 3. The molecule has 2 heterocycles. The summed E-state index contributed by atoms with van der Waals surface area (Å²) in [7, 11) is 1.83. The Labute approximate surface area is 110 Å². The Morgan fingerprint density at radius 2 is 1.95 bits per heavy atom. The molecule has 1 aromatic carbocycles. The first kappa shape index (κ1) is 11.6. The second-order valence-corrected chi connectivity index (χ2v) is 4.48. The summed E-state index contributed by atoms with van der Waals surface area (Å²) in [5, 5.41) is 5.09. The molecule has 0 unspecified atom stereocenters. The summed E-state index contributed by atoms with van der Waals surface area (Å²) in [6, 6.07) is 9.46. The molecule has 0 aliphatic rings. The van der Waals surface area contributed by atoms with Crippen LogP contribution in [0.15, 0.2) is 42.7 Å². The van der Waals surface area contributed by atoms with Crippen LogP contribution in [0.2, 0.25) is 0 Å². The lowest BCUT2D eigenvalue weighted by Crippen LogP contribution is -2.05. The molecule has 4 nitrogen and oxygen atoms in total. The summed E-state index contributed by atoms with van der Waals surface area (Å²) in [5.74, 6) is -0.0325. The van der Waals surface area contributed by atoms with Crippen LogP contribution in [0.25, 0.3) is 10.9 Å². The first-order chi connectivity index (χ1) is 9.18. The van der Waals surface area contributed by atoms with Crippen LogP contribution in [-0.2, 0) is 7.05 Å². The highest BCUT2D eigenvalue weighted by atomic mass is 16.1. The fraction of sp³-hybridized carbons (Fsp3) is 0.133. The summed E-state index contributed by atoms with van der Waals surface area (Å²) in [5.41, 5.74) is 2.84. The number of hydrogen-bond donors (Lipinski definition) is 0. The van der Waals surface area contributed by atoms with Gasteiger partial charge in [-0.1, -0.05) is 18.2 Å². The average molecular weight is 251 g/mol. The number of hydrogen-bond acceptors (Lipinski definition) is 3. The Morgan fingerprint density at radius 1 is 1.16 bits per heavy atom. The van der Waals surface area contributed by atoms with Crippen LogP contribution in [0, 0.1) is 6.92 Å². The first-order valence-electron chi connectivity index (χ1n) is 6.05. The molecule has 0 aliphatic carbocycles. The van der Waals surface area contributed by atoms with Gasteiger partial charge in [0.1, 0.15) is 0 Å². The standard InChI is InChI=1S/C15H13N3O/c1-10-13(9-17-18(10)2)15(19)12-7-3-5-11-6-4-8-16-14(11)12/h3-9H,1-2H3. The molecule has 4 heteroatoms. The van der Waals surface area contributed by atoms with Crippen molar-refractivity contribution in [1.29, 1.82) is 0 Å². The van der Waals surface area contributed by atoms with E-state index in [9.17, 15) is 4.79 Å². The third-order valence-electron chi connectivity index (χ3n) is 3.36. The van der Waals surface area contributed by atoms with Crippen LogP contribution in [0.5, 0.6) is 0 Å². The quantitative estimate of drug-likeness (QED) is 0.657. The lowest BCUT2D eigenvalue weighted by atomic mass is 10.0. The third-order valence-corrected chi connectivity index (χ3v) is 3.36. The van der Waals surface area contributed by atoms with Crippen molar-refractivity contribution < 1.29 is 4.79 Å². The van der Waals surface area contributed by atoms with Crippen LogP contribution < -0.4 is 0 Å². The molecule has 94 valence electrons. The number of aryl methyl sites for hydroxylation is 1. The highest BCUT2D eigenvalue weighted by Crippen LogP contribution is 2.20. The van der Waals surface area contributed by atoms with E-state index in [2.05, 4.69) is 10.1 Å². The maximum absolute atomic E-state index is 12.6. The molecule has 2 aromatic heterocycles. The van der Waals surface area contributed by atoms with E-state index in [1.165, 1.54) is 0 Å². The predicted octanol–water partition coefficient (Wildman–Crippen LogP) is 2.51. The van der Waals surface area contributed by atoms with Crippen LogP contribution in [0.4, 0.5) is 0 Å². The normalized spacial score (nSPS) is 10.8. The number of rotatable bonds is 2. The Balaban J connectivity index is 2.20. The fourth-order valence-electron chi connectivity index (χ4n) is 2.15. The van der Waals surface area contributed by atoms with Gasteiger partial charge in [0.25, 0.3) is 0 Å². The van der Waals surface area contributed by atoms with Crippen molar-refractivity contribution in [2.45, 2.75) is 6.92 Å². The Kier molecular flexibility index (Phi) is 2.63. The SMILES string of the molecule is Cc1c(C(=O)c2cccc3cccnc23)cnn1C. The maximum atomic E-state index is 12.6. The molecule has 0 spiro atoms. The minimum Gasteiger partial charge on any atom is -0.288 e. The molecule has 0 atom stereocenters. The van der Waals surface area contributed by atoms with Crippen molar-refractivity contribution in [3.8, 4) is 0 Å². The molecule has 0 saturated carbocycles. The van der Waals surface area contributed by atoms with Gasteiger partial charge in [-0.25, -0.2) is 0 Å². The summed E-state index contributed by atoms with van der Waals surface area (Å²) in [4.78, 5) is 16.9. The Hall–Kier alpha value is -2.49. The van der Waals surface area contributed by atoms with E-state index in [-0.39, 0.29) is 5.78 Å². The summed E-state index contributed by atoms with van der Waals surface area (Å²) >= 11 is 0. The van der Waals surface area contributed by atoms with Gasteiger partial charge in [-0.3, -0.25) is 14.5 Å². The number of carbonyl (C=O) groups excluding carboxylic acids is 1. The molecule has 0 aliphatic heterocycles. The molecule has 0 amide bonds. The minimum atomic E-state index is -0.0325. The lowest BCUT2D eigenvalue weighted by Gasteiger charge is -2.04. The zero-order valence-corrected chi connectivity index (χ0v) is 10.8. The highest BCUT2D eigenvalue weighted by molar-refractivity contribution is 6.15. The van der Waals surface area contributed by atoms with Gasteiger partial charge in [-0.15, -0.1) is 0 Å². The van der Waals surface area contributed by atoms with Crippen LogP contribution in [0.1, 0.15) is 21.6 Å². The molecule has 0 N–H and O–H groups in total. The number of ketones is 1. The van der Waals surface area contributed by atoms with Crippen molar-refractivity contribution in [2.24, 2.45) is 7.05 Å². The van der Waals surface area contributed by atoms with Crippen molar-refractivity contribution in [1.82, 2.24) is 14.8 Å². The van der Waals surface area contributed by atoms with Gasteiger partial charge in [-0.2, -0.15) is 5.10 Å². The van der Waals surface area contributed by atoms with Gasteiger partial charge >= 0.3 is 0 Å². The van der Waals surface area contributed by atoms with Gasteiger partial charge in [0.05, 0.1) is 17.3 Å². The maximum Gasteiger partial charge on any atom is 0.198 e. The zero-order valence-electron chi connectivity index (χ0n) is 10.8. The zero-order chi connectivity index (χ0) is 13.4. The molecule has 0 radical (unpaired) electrons. The molecule has 3 rings (SSSR count). The second-order valence-electron chi connectivity index (χ2n) is 4.48. The minimum absolute atomic E-state index is 0.0325. The summed E-state index contributed by atoms with van der Waals surface area (Å²) in [6.45, 7) is 1.89. The monoisotopic (exact) mass is 251 g/mol. The van der Waals surface area contributed by atoms with E-state index in [0.29, 0.717) is 11.1 Å². The molecule has 19 heavy (non-hydrogen) atoms. The van der Waals surface area contributed by atoms with E-state index in [0.717, 1.165) is 16.6 Å². The predicted molar refractivity (Wildman–Crippen MR) is 73.1 cm³/mol. The van der Waals surface area contributed by atoms with E-state index in [4.69, 9.17) is 0 Å². The van der Waals surface area contributed by atoms with Gasteiger partial charge < -0.3 is 0 Å². The number of carbonyl (C=O) groups is 1. The smallest absolute Gasteiger partial charge is 0.198 e. The largest absolute Gasteiger partial charge is 0.288 e. The van der Waals surface area contributed by atoms with E-state index in [1.54, 1.807) is 17.1 Å². The second kappa shape index (κ2) is 4.31. The van der Waals surface area contributed by atoms with E-state index in [1.807, 2.05) is 44.3 Å². The average Bonchev–Trinajstić information content (AvgIpc) is 2.78. The van der Waals surface area contributed by atoms with Crippen LogP contribution >= 0.6 is 0 Å². The summed E-state index contributed by atoms with van der Waals surface area (Å²) in [6.07, 6.45) is 3.31. The molecule has 3 aromatic rings. The van der Waals surface area contributed by atoms with Crippen molar-refractivity contribution >= 4 is 16.7 Å². The van der Waals surface area contributed by atoms with Gasteiger partial charge in [-0.05, 0) is 19.1 Å². The van der Waals surface area contributed by atoms with Gasteiger partial charge in [0.2, 0.25) is 0 Å². The number of aromatic nitrogens is 3. The number of fused-ring (bicyclic) bond motifs is 1. The number of para-hydroxylation sites is 1. The topological polar surface area (TPSA) is 47.8 Å². The van der Waals surface area contributed by atoms with Crippen LogP contribution in [0.3, 0.4) is 0 Å².